The number of azo groups is 1. The highest BCUT2D eigenvalue weighted by Crippen LogP contribution is 2.39. The summed E-state index contributed by atoms with van der Waals surface area (Å²) in [5.74, 6) is -1.12. The zero-order chi connectivity index (χ0) is 24.4. The Bertz CT molecular complexity index is 1250. The molecule has 1 aliphatic heterocycles. The number of halogens is 2. The van der Waals surface area contributed by atoms with Gasteiger partial charge in [0.2, 0.25) is 5.88 Å². The lowest BCUT2D eigenvalue weighted by atomic mass is 9.97. The van der Waals surface area contributed by atoms with Crippen LogP contribution < -0.4 is 4.74 Å². The molecular formula is C24H24BrFN4O4. The van der Waals surface area contributed by atoms with Crippen molar-refractivity contribution in [2.75, 3.05) is 6.61 Å². The minimum Gasteiger partial charge on any atom is -0.493 e. The molecule has 2 aromatic carbocycles. The van der Waals surface area contributed by atoms with Gasteiger partial charge in [-0.15, -0.1) is 10.2 Å². The summed E-state index contributed by atoms with van der Waals surface area (Å²) in [6.07, 6.45) is 3.10. The van der Waals surface area contributed by atoms with Crippen molar-refractivity contribution in [2.45, 2.75) is 45.2 Å². The van der Waals surface area contributed by atoms with Crippen molar-refractivity contribution in [2.24, 2.45) is 10.2 Å². The molecule has 1 fully saturated rings. The molecule has 2 amide bonds. The first-order chi connectivity index (χ1) is 16.2. The number of H-pyrrole nitrogens is 1. The van der Waals surface area contributed by atoms with E-state index in [2.05, 4.69) is 31.1 Å². The van der Waals surface area contributed by atoms with Crippen molar-refractivity contribution in [1.29, 1.82) is 0 Å². The van der Waals surface area contributed by atoms with Gasteiger partial charge in [0, 0.05) is 27.5 Å². The number of hydrogen-bond acceptors (Lipinski definition) is 5. The molecule has 0 bridgehead atoms. The molecule has 2 atom stereocenters. The van der Waals surface area contributed by atoms with Crippen molar-refractivity contribution >= 4 is 44.3 Å². The highest BCUT2D eigenvalue weighted by Gasteiger charge is 2.29. The maximum Gasteiger partial charge on any atom is 0.295 e. The summed E-state index contributed by atoms with van der Waals surface area (Å²) in [5.41, 5.74) is 0.639. The van der Waals surface area contributed by atoms with E-state index in [0.717, 1.165) is 19.3 Å². The van der Waals surface area contributed by atoms with Gasteiger partial charge in [0.1, 0.15) is 11.6 Å². The molecule has 2 N–H and O–H groups in total. The van der Waals surface area contributed by atoms with Crippen LogP contribution in [0.1, 0.15) is 43.5 Å². The lowest BCUT2D eigenvalue weighted by Gasteiger charge is -2.38. The van der Waals surface area contributed by atoms with E-state index in [1.54, 1.807) is 12.1 Å². The van der Waals surface area contributed by atoms with Crippen molar-refractivity contribution in [3.63, 3.8) is 0 Å². The second-order valence-electron chi connectivity index (χ2n) is 8.38. The molecule has 178 valence electrons. The molecule has 0 aliphatic carbocycles. The van der Waals surface area contributed by atoms with Crippen LogP contribution in [0.15, 0.2) is 51.1 Å². The summed E-state index contributed by atoms with van der Waals surface area (Å²) in [5, 5.41) is 17.9. The van der Waals surface area contributed by atoms with Crippen molar-refractivity contribution in [3.05, 3.63) is 52.3 Å². The second kappa shape index (κ2) is 9.92. The smallest absolute Gasteiger partial charge is 0.295 e. The quantitative estimate of drug-likeness (QED) is 0.402. The van der Waals surface area contributed by atoms with Gasteiger partial charge in [-0.05, 0) is 85.4 Å². The highest BCUT2D eigenvalue weighted by atomic mass is 79.9. The fraction of sp³-hybridized carbons (Fsp3) is 0.333. The van der Waals surface area contributed by atoms with E-state index in [0.29, 0.717) is 15.7 Å². The van der Waals surface area contributed by atoms with E-state index in [1.165, 1.54) is 24.3 Å². The molecule has 0 unspecified atom stereocenters. The number of hydrogen-bond donors (Lipinski definition) is 2. The van der Waals surface area contributed by atoms with Crippen LogP contribution in [0, 0.1) is 5.82 Å². The number of rotatable bonds is 5. The molecule has 0 saturated carbocycles. The number of ether oxygens (including phenoxy) is 1. The van der Waals surface area contributed by atoms with Crippen molar-refractivity contribution in [3.8, 4) is 11.6 Å². The standard InChI is InChI=1S/C24H24BrFN4O4/c1-13-4-3-5-14(2)30(13)20(31)12-34-17-8-6-15(7-9-17)23(32)29-28-22-18-10-16(26)11-19(25)21(18)27-24(22)33/h6-11,13-14,27,33H,3-5,12H2,1-2H3/t13-,14+. The molecule has 1 saturated heterocycles. The Morgan fingerprint density at radius 3 is 2.56 bits per heavy atom. The summed E-state index contributed by atoms with van der Waals surface area (Å²) in [6.45, 7) is 4.02. The number of carbonyl (C=O) groups excluding carboxylic acids is 2. The van der Waals surface area contributed by atoms with Crippen LogP contribution >= 0.6 is 15.9 Å². The number of aromatic nitrogens is 1. The third kappa shape index (κ3) is 4.96. The van der Waals surface area contributed by atoms with Gasteiger partial charge in [0.25, 0.3) is 11.8 Å². The largest absolute Gasteiger partial charge is 0.493 e. The first-order valence-electron chi connectivity index (χ1n) is 10.9. The van der Waals surface area contributed by atoms with E-state index in [4.69, 9.17) is 4.74 Å². The maximum absolute atomic E-state index is 13.7. The van der Waals surface area contributed by atoms with Gasteiger partial charge in [-0.3, -0.25) is 9.59 Å². The van der Waals surface area contributed by atoms with Gasteiger partial charge < -0.3 is 19.7 Å². The molecule has 0 radical (unpaired) electrons. The van der Waals surface area contributed by atoms with Gasteiger partial charge in [-0.1, -0.05) is 0 Å². The Morgan fingerprint density at radius 2 is 1.88 bits per heavy atom. The number of carbonyl (C=O) groups is 2. The molecule has 2 heterocycles. The number of aromatic hydroxyl groups is 1. The molecule has 3 aromatic rings. The van der Waals surface area contributed by atoms with Gasteiger partial charge in [0.05, 0.1) is 5.52 Å². The predicted octanol–water partition coefficient (Wildman–Crippen LogP) is 5.87. The molecule has 10 heteroatoms. The summed E-state index contributed by atoms with van der Waals surface area (Å²) in [4.78, 5) is 29.6. The SMILES string of the molecule is C[C@@H]1CCC[C@H](C)N1C(=O)COc1ccc(C(=O)N=Nc2c(O)[nH]c3c(Br)cc(F)cc23)cc1. The molecular weight excluding hydrogens is 507 g/mol. The van der Waals surface area contributed by atoms with E-state index in [-0.39, 0.29) is 47.1 Å². The number of aromatic amines is 1. The van der Waals surface area contributed by atoms with Gasteiger partial charge in [0.15, 0.2) is 12.3 Å². The Kier molecular flexibility index (Phi) is 6.97. The fourth-order valence-electron chi connectivity index (χ4n) is 4.27. The summed E-state index contributed by atoms with van der Waals surface area (Å²) >= 11 is 3.21. The van der Waals surface area contributed by atoms with Crippen LogP contribution in [0.5, 0.6) is 11.6 Å². The number of amides is 2. The third-order valence-corrected chi connectivity index (χ3v) is 6.59. The Hall–Kier alpha value is -3.27. The monoisotopic (exact) mass is 530 g/mol. The Labute approximate surface area is 203 Å². The second-order valence-corrected chi connectivity index (χ2v) is 9.23. The summed E-state index contributed by atoms with van der Waals surface area (Å²) < 4.78 is 19.8. The number of likely N-dealkylation sites (tertiary alicyclic amines) is 1. The van der Waals surface area contributed by atoms with Crippen LogP contribution in [-0.2, 0) is 4.79 Å². The van der Waals surface area contributed by atoms with Crippen LogP contribution in [0.2, 0.25) is 0 Å². The number of nitrogens with one attached hydrogen (secondary N) is 1. The number of nitrogens with zero attached hydrogens (tertiary/aromatic N) is 3. The first-order valence-corrected chi connectivity index (χ1v) is 11.7. The molecule has 4 rings (SSSR count). The van der Waals surface area contributed by atoms with Gasteiger partial charge >= 0.3 is 0 Å². The van der Waals surface area contributed by atoms with Crippen molar-refractivity contribution < 1.29 is 23.8 Å². The maximum atomic E-state index is 13.7. The van der Waals surface area contributed by atoms with Gasteiger partial charge in [-0.2, -0.15) is 0 Å². The Balaban J connectivity index is 1.41. The zero-order valence-electron chi connectivity index (χ0n) is 18.7. The highest BCUT2D eigenvalue weighted by molar-refractivity contribution is 9.10. The minimum atomic E-state index is -0.650. The third-order valence-electron chi connectivity index (χ3n) is 5.96. The Morgan fingerprint density at radius 1 is 1.21 bits per heavy atom. The average Bonchev–Trinajstić information content (AvgIpc) is 3.11. The van der Waals surface area contributed by atoms with Crippen molar-refractivity contribution in [1.82, 2.24) is 9.88 Å². The van der Waals surface area contributed by atoms with Gasteiger partial charge in [-0.25, -0.2) is 4.39 Å². The van der Waals surface area contributed by atoms with Crippen LogP contribution in [0.3, 0.4) is 0 Å². The minimum absolute atomic E-state index is 0.0387. The van der Waals surface area contributed by atoms with Crippen LogP contribution in [0.25, 0.3) is 10.9 Å². The molecule has 34 heavy (non-hydrogen) atoms. The number of fused-ring (bicyclic) bond motifs is 1. The van der Waals surface area contributed by atoms with E-state index >= 15 is 0 Å². The lowest BCUT2D eigenvalue weighted by molar-refractivity contribution is -0.139. The lowest BCUT2D eigenvalue weighted by Crippen LogP contribution is -2.49. The van der Waals surface area contributed by atoms with Crippen LogP contribution in [0.4, 0.5) is 10.1 Å². The molecule has 8 nitrogen and oxygen atoms in total. The van der Waals surface area contributed by atoms with Crippen LogP contribution in [-0.4, -0.2) is 45.5 Å². The van der Waals surface area contributed by atoms with E-state index in [9.17, 15) is 19.1 Å². The zero-order valence-corrected chi connectivity index (χ0v) is 20.3. The molecule has 1 aromatic heterocycles. The van der Waals surface area contributed by atoms with E-state index in [1.807, 2.05) is 18.7 Å². The molecule has 0 spiro atoms. The van der Waals surface area contributed by atoms with E-state index < -0.39 is 11.7 Å². The first kappa shape index (κ1) is 23.9. The summed E-state index contributed by atoms with van der Waals surface area (Å²) in [7, 11) is 0. The average molecular weight is 531 g/mol. The molecule has 1 aliphatic rings. The number of piperidine rings is 1. The normalized spacial score (nSPS) is 18.5. The fourth-order valence-corrected chi connectivity index (χ4v) is 4.80. The number of benzene rings is 2. The summed E-state index contributed by atoms with van der Waals surface area (Å²) in [6, 6.07) is 9.00. The topological polar surface area (TPSA) is 107 Å². The predicted molar refractivity (Wildman–Crippen MR) is 128 cm³/mol.